The third-order valence-electron chi connectivity index (χ3n) is 2.92. The van der Waals surface area contributed by atoms with Crippen molar-refractivity contribution in [3.63, 3.8) is 0 Å². The van der Waals surface area contributed by atoms with Gasteiger partial charge in [0, 0.05) is 24.4 Å². The van der Waals surface area contributed by atoms with Crippen molar-refractivity contribution in [2.75, 3.05) is 13.1 Å². The summed E-state index contributed by atoms with van der Waals surface area (Å²) in [5, 5.41) is 3.10. The number of alkyl halides is 4. The van der Waals surface area contributed by atoms with Gasteiger partial charge in [-0.2, -0.15) is 8.78 Å². The van der Waals surface area contributed by atoms with Gasteiger partial charge >= 0.3 is 12.3 Å². The summed E-state index contributed by atoms with van der Waals surface area (Å²) in [6.45, 7) is 0.462. The molecular weight excluding hydrogens is 238 g/mol. The Morgan fingerprint density at radius 3 is 2.88 bits per heavy atom. The molecule has 96 valence electrons. The summed E-state index contributed by atoms with van der Waals surface area (Å²) in [6, 6.07) is 0. The van der Waals surface area contributed by atoms with E-state index in [4.69, 9.17) is 0 Å². The standard InChI is InChI=1S/C10H13F4N3/c11-9(12)10(13,14)5-17-6-16-4-8(17)7-1-2-15-3-7/h4,6-7,9,15H,1-3,5H2. The first-order valence-electron chi connectivity index (χ1n) is 5.37. The lowest BCUT2D eigenvalue weighted by Crippen LogP contribution is -2.32. The van der Waals surface area contributed by atoms with E-state index in [-0.39, 0.29) is 5.92 Å². The number of hydrogen-bond donors (Lipinski definition) is 1. The Morgan fingerprint density at radius 2 is 2.29 bits per heavy atom. The van der Waals surface area contributed by atoms with Crippen LogP contribution in [0, 0.1) is 0 Å². The van der Waals surface area contributed by atoms with Crippen LogP contribution < -0.4 is 5.32 Å². The molecule has 1 atom stereocenters. The Morgan fingerprint density at radius 1 is 1.53 bits per heavy atom. The van der Waals surface area contributed by atoms with Crippen LogP contribution >= 0.6 is 0 Å². The third-order valence-corrected chi connectivity index (χ3v) is 2.92. The first-order chi connectivity index (χ1) is 8.00. The van der Waals surface area contributed by atoms with E-state index in [2.05, 4.69) is 10.3 Å². The lowest BCUT2D eigenvalue weighted by atomic mass is 10.1. The van der Waals surface area contributed by atoms with Gasteiger partial charge in [-0.3, -0.25) is 0 Å². The Bertz CT molecular complexity index is 371. The minimum atomic E-state index is -4.01. The lowest BCUT2D eigenvalue weighted by molar-refractivity contribution is -0.138. The van der Waals surface area contributed by atoms with Gasteiger partial charge in [0.05, 0.1) is 12.9 Å². The van der Waals surface area contributed by atoms with Gasteiger partial charge in [-0.05, 0) is 13.0 Å². The maximum absolute atomic E-state index is 13.0. The molecule has 1 aliphatic heterocycles. The molecule has 1 aromatic rings. The molecule has 1 fully saturated rings. The molecule has 0 radical (unpaired) electrons. The molecule has 0 bridgehead atoms. The Balaban J connectivity index is 2.14. The number of imidazole rings is 1. The summed E-state index contributed by atoms with van der Waals surface area (Å²) < 4.78 is 51.3. The van der Waals surface area contributed by atoms with Gasteiger partial charge in [-0.25, -0.2) is 13.8 Å². The molecule has 17 heavy (non-hydrogen) atoms. The Labute approximate surface area is 95.8 Å². The van der Waals surface area contributed by atoms with Crippen LogP contribution in [0.5, 0.6) is 0 Å². The molecule has 1 aromatic heterocycles. The van der Waals surface area contributed by atoms with E-state index in [1.54, 1.807) is 0 Å². The minimum absolute atomic E-state index is 0.0750. The van der Waals surface area contributed by atoms with Crippen molar-refractivity contribution in [2.45, 2.75) is 31.2 Å². The van der Waals surface area contributed by atoms with Gasteiger partial charge in [0.15, 0.2) is 0 Å². The molecule has 1 aliphatic rings. The quantitative estimate of drug-likeness (QED) is 0.828. The molecule has 2 rings (SSSR count). The average Bonchev–Trinajstić information content (AvgIpc) is 2.85. The fourth-order valence-corrected chi connectivity index (χ4v) is 2.01. The number of nitrogens with zero attached hydrogens (tertiary/aromatic N) is 2. The van der Waals surface area contributed by atoms with Crippen molar-refractivity contribution in [1.29, 1.82) is 0 Å². The van der Waals surface area contributed by atoms with Crippen LogP contribution in [0.3, 0.4) is 0 Å². The van der Waals surface area contributed by atoms with Gasteiger partial charge in [0.2, 0.25) is 0 Å². The van der Waals surface area contributed by atoms with Crippen LogP contribution in [-0.4, -0.2) is 35.0 Å². The van der Waals surface area contributed by atoms with E-state index in [0.29, 0.717) is 12.2 Å². The predicted octanol–water partition coefficient (Wildman–Crippen LogP) is 1.86. The van der Waals surface area contributed by atoms with Crippen molar-refractivity contribution in [3.8, 4) is 0 Å². The maximum atomic E-state index is 13.0. The fourth-order valence-electron chi connectivity index (χ4n) is 2.01. The second-order valence-corrected chi connectivity index (χ2v) is 4.20. The molecule has 0 spiro atoms. The van der Waals surface area contributed by atoms with Crippen LogP contribution in [-0.2, 0) is 6.54 Å². The highest BCUT2D eigenvalue weighted by Gasteiger charge is 2.41. The number of halogens is 4. The molecule has 0 amide bonds. The topological polar surface area (TPSA) is 29.9 Å². The van der Waals surface area contributed by atoms with E-state index in [9.17, 15) is 17.6 Å². The molecule has 1 saturated heterocycles. The molecule has 1 unspecified atom stereocenters. The highest BCUT2D eigenvalue weighted by atomic mass is 19.3. The summed E-state index contributed by atoms with van der Waals surface area (Å²) in [7, 11) is 0. The maximum Gasteiger partial charge on any atom is 0.324 e. The van der Waals surface area contributed by atoms with Crippen LogP contribution in [0.25, 0.3) is 0 Å². The van der Waals surface area contributed by atoms with Crippen molar-refractivity contribution >= 4 is 0 Å². The lowest BCUT2D eigenvalue weighted by Gasteiger charge is -2.19. The van der Waals surface area contributed by atoms with E-state index in [1.165, 1.54) is 12.5 Å². The highest BCUT2D eigenvalue weighted by Crippen LogP contribution is 2.28. The highest BCUT2D eigenvalue weighted by molar-refractivity contribution is 5.09. The van der Waals surface area contributed by atoms with Gasteiger partial charge in [0.1, 0.15) is 0 Å². The first kappa shape index (κ1) is 12.3. The molecule has 0 aromatic carbocycles. The first-order valence-corrected chi connectivity index (χ1v) is 5.37. The van der Waals surface area contributed by atoms with Gasteiger partial charge in [-0.15, -0.1) is 0 Å². The molecule has 3 nitrogen and oxygen atoms in total. The molecule has 2 heterocycles. The molecule has 0 saturated carbocycles. The Hall–Kier alpha value is -1.11. The van der Waals surface area contributed by atoms with Crippen LogP contribution in [0.1, 0.15) is 18.0 Å². The molecule has 1 N–H and O–H groups in total. The van der Waals surface area contributed by atoms with Crippen molar-refractivity contribution in [3.05, 3.63) is 18.2 Å². The smallest absolute Gasteiger partial charge is 0.324 e. The van der Waals surface area contributed by atoms with E-state index >= 15 is 0 Å². The summed E-state index contributed by atoms with van der Waals surface area (Å²) >= 11 is 0. The van der Waals surface area contributed by atoms with Crippen LogP contribution in [0.4, 0.5) is 17.6 Å². The Kier molecular flexibility index (Phi) is 3.37. The molecule has 0 aliphatic carbocycles. The third kappa shape index (κ3) is 2.59. The van der Waals surface area contributed by atoms with Crippen LogP contribution in [0.15, 0.2) is 12.5 Å². The zero-order valence-corrected chi connectivity index (χ0v) is 9.04. The van der Waals surface area contributed by atoms with E-state index < -0.39 is 18.9 Å². The van der Waals surface area contributed by atoms with Gasteiger partial charge in [-0.1, -0.05) is 0 Å². The minimum Gasteiger partial charge on any atom is -0.328 e. The summed E-state index contributed by atoms with van der Waals surface area (Å²) in [5.41, 5.74) is 0.593. The molecular formula is C10H13F4N3. The van der Waals surface area contributed by atoms with Gasteiger partial charge < -0.3 is 9.88 Å². The second-order valence-electron chi connectivity index (χ2n) is 4.20. The van der Waals surface area contributed by atoms with Gasteiger partial charge in [0.25, 0.3) is 0 Å². The number of aromatic nitrogens is 2. The number of nitrogens with one attached hydrogen (secondary N) is 1. The summed E-state index contributed by atoms with van der Waals surface area (Å²) in [4.78, 5) is 3.77. The summed E-state index contributed by atoms with van der Waals surface area (Å²) in [6.07, 6.45) is -0.186. The average molecular weight is 251 g/mol. The predicted molar refractivity (Wildman–Crippen MR) is 53.4 cm³/mol. The summed E-state index contributed by atoms with van der Waals surface area (Å²) in [5.74, 6) is -3.94. The largest absolute Gasteiger partial charge is 0.328 e. The number of hydrogen-bond acceptors (Lipinski definition) is 2. The van der Waals surface area contributed by atoms with Crippen molar-refractivity contribution in [1.82, 2.24) is 14.9 Å². The van der Waals surface area contributed by atoms with Crippen molar-refractivity contribution in [2.24, 2.45) is 0 Å². The molecule has 7 heteroatoms. The van der Waals surface area contributed by atoms with Crippen molar-refractivity contribution < 1.29 is 17.6 Å². The number of rotatable bonds is 4. The second kappa shape index (κ2) is 4.64. The normalized spacial score (nSPS) is 21.4. The monoisotopic (exact) mass is 251 g/mol. The fraction of sp³-hybridized carbons (Fsp3) is 0.700. The zero-order chi connectivity index (χ0) is 12.5. The van der Waals surface area contributed by atoms with Crippen LogP contribution in [0.2, 0.25) is 0 Å². The van der Waals surface area contributed by atoms with E-state index in [1.807, 2.05) is 0 Å². The zero-order valence-electron chi connectivity index (χ0n) is 9.04. The SMILES string of the molecule is FC(F)C(F)(F)Cn1cncc1C1CCNC1. The van der Waals surface area contributed by atoms with E-state index in [0.717, 1.165) is 17.5 Å².